The molecule has 1 aromatic carbocycles. The molecule has 5 nitrogen and oxygen atoms in total. The number of likely N-dealkylation sites (N-methyl/N-ethyl adjacent to an activating group) is 1. The highest BCUT2D eigenvalue weighted by Crippen LogP contribution is 2.25. The molecule has 0 spiro atoms. The van der Waals surface area contributed by atoms with Crippen molar-refractivity contribution >= 4 is 16.8 Å². The van der Waals surface area contributed by atoms with E-state index in [0.717, 1.165) is 27.7 Å². The van der Waals surface area contributed by atoms with Crippen LogP contribution >= 0.6 is 0 Å². The van der Waals surface area contributed by atoms with Crippen LogP contribution in [-0.4, -0.2) is 39.7 Å². The average molecular weight is 336 g/mol. The number of aryl methyl sites for hydroxylation is 1. The Morgan fingerprint density at radius 2 is 2.00 bits per heavy atom. The highest BCUT2D eigenvalue weighted by atomic mass is 16.2. The van der Waals surface area contributed by atoms with Gasteiger partial charge in [0.2, 0.25) is 5.91 Å². The summed E-state index contributed by atoms with van der Waals surface area (Å²) in [6, 6.07) is 8.49. The first-order valence-electron chi connectivity index (χ1n) is 8.50. The van der Waals surface area contributed by atoms with Crippen LogP contribution in [0.1, 0.15) is 31.0 Å². The molecule has 0 fully saturated rings. The van der Waals surface area contributed by atoms with Gasteiger partial charge in [0.05, 0.1) is 23.8 Å². The van der Waals surface area contributed by atoms with E-state index in [9.17, 15) is 4.79 Å². The van der Waals surface area contributed by atoms with E-state index in [-0.39, 0.29) is 5.91 Å². The van der Waals surface area contributed by atoms with Crippen molar-refractivity contribution in [1.29, 1.82) is 0 Å². The largest absolute Gasteiger partial charge is 0.349 e. The zero-order valence-corrected chi connectivity index (χ0v) is 15.4. The Labute approximate surface area is 148 Å². The van der Waals surface area contributed by atoms with Crippen molar-refractivity contribution in [3.05, 3.63) is 47.8 Å². The third-order valence-electron chi connectivity index (χ3n) is 4.36. The van der Waals surface area contributed by atoms with Crippen LogP contribution in [0.2, 0.25) is 0 Å². The number of rotatable bonds is 4. The van der Waals surface area contributed by atoms with Crippen LogP contribution in [0.15, 0.2) is 36.7 Å². The molecular formula is C20H24N4O. The number of aromatic nitrogens is 3. The van der Waals surface area contributed by atoms with Crippen molar-refractivity contribution in [2.45, 2.75) is 33.2 Å². The first kappa shape index (κ1) is 17.1. The number of carbonyl (C=O) groups excluding carboxylic acids is 1. The number of amides is 1. The fourth-order valence-electron chi connectivity index (χ4n) is 2.79. The molecule has 0 aliphatic rings. The quantitative estimate of drug-likeness (QED) is 0.731. The number of nitrogens with zero attached hydrogens (tertiary/aromatic N) is 4. The van der Waals surface area contributed by atoms with Crippen LogP contribution in [0.3, 0.4) is 0 Å². The first-order valence-corrected chi connectivity index (χ1v) is 8.50. The molecule has 3 aromatic rings. The maximum atomic E-state index is 12.0. The number of carbonyl (C=O) groups is 1. The van der Waals surface area contributed by atoms with Crippen LogP contribution < -0.4 is 0 Å². The minimum absolute atomic E-state index is 0.0884. The second-order valence-electron chi connectivity index (χ2n) is 6.94. The first-order chi connectivity index (χ1) is 11.8. The molecule has 0 saturated carbocycles. The summed E-state index contributed by atoms with van der Waals surface area (Å²) in [6.45, 7) is 6.29. The summed E-state index contributed by atoms with van der Waals surface area (Å²) < 4.78 is 1.93. The predicted octanol–water partition coefficient (Wildman–Crippen LogP) is 3.62. The van der Waals surface area contributed by atoms with Crippen LogP contribution in [-0.2, 0) is 11.2 Å². The molecule has 0 saturated heterocycles. The second kappa shape index (κ2) is 6.67. The summed E-state index contributed by atoms with van der Waals surface area (Å²) >= 11 is 0. The molecule has 3 rings (SSSR count). The van der Waals surface area contributed by atoms with Gasteiger partial charge < -0.3 is 4.90 Å². The van der Waals surface area contributed by atoms with Gasteiger partial charge in [-0.3, -0.25) is 9.48 Å². The van der Waals surface area contributed by atoms with Crippen molar-refractivity contribution in [1.82, 2.24) is 19.7 Å². The molecule has 25 heavy (non-hydrogen) atoms. The maximum Gasteiger partial charge on any atom is 0.226 e. The third kappa shape index (κ3) is 3.55. The van der Waals surface area contributed by atoms with Crippen LogP contribution in [0, 0.1) is 6.92 Å². The molecule has 130 valence electrons. The maximum absolute atomic E-state index is 12.0. The summed E-state index contributed by atoms with van der Waals surface area (Å²) in [5.41, 5.74) is 4.98. The van der Waals surface area contributed by atoms with E-state index in [4.69, 9.17) is 4.98 Å². The summed E-state index contributed by atoms with van der Waals surface area (Å²) in [6.07, 6.45) is 4.27. The summed E-state index contributed by atoms with van der Waals surface area (Å²) in [5, 5.41) is 5.52. The zero-order valence-electron chi connectivity index (χ0n) is 15.4. The fraction of sp³-hybridized carbons (Fsp3) is 0.350. The Morgan fingerprint density at radius 3 is 2.64 bits per heavy atom. The van der Waals surface area contributed by atoms with Crippen molar-refractivity contribution in [3.63, 3.8) is 0 Å². The molecular weight excluding hydrogens is 312 g/mol. The van der Waals surface area contributed by atoms with E-state index in [0.29, 0.717) is 12.5 Å². The molecule has 0 aliphatic heterocycles. The summed E-state index contributed by atoms with van der Waals surface area (Å²) in [7, 11) is 3.55. The lowest BCUT2D eigenvalue weighted by Crippen LogP contribution is -2.23. The average Bonchev–Trinajstić information content (AvgIpc) is 3.04. The topological polar surface area (TPSA) is 51.0 Å². The van der Waals surface area contributed by atoms with Gasteiger partial charge in [0.1, 0.15) is 0 Å². The molecule has 0 aliphatic carbocycles. The van der Waals surface area contributed by atoms with E-state index < -0.39 is 0 Å². The van der Waals surface area contributed by atoms with E-state index in [1.165, 1.54) is 5.56 Å². The Bertz CT molecular complexity index is 925. The minimum atomic E-state index is 0.0884. The predicted molar refractivity (Wildman–Crippen MR) is 100 cm³/mol. The Kier molecular flexibility index (Phi) is 4.57. The third-order valence-corrected chi connectivity index (χ3v) is 4.36. The zero-order chi connectivity index (χ0) is 18.1. The Morgan fingerprint density at radius 1 is 1.24 bits per heavy atom. The van der Waals surface area contributed by atoms with Crippen LogP contribution in [0.25, 0.3) is 22.2 Å². The van der Waals surface area contributed by atoms with E-state index in [1.54, 1.807) is 19.0 Å². The normalized spacial score (nSPS) is 11.3. The van der Waals surface area contributed by atoms with Gasteiger partial charge in [-0.05, 0) is 44.0 Å². The number of hydrogen-bond donors (Lipinski definition) is 0. The standard InChI is InChI=1S/C20H24N4O/c1-13(2)24-12-16(11-21-24)18-8-14(3)17-7-6-15(9-19(17)22-18)10-20(25)23(4)5/h6-9,11-13H,10H2,1-5H3. The minimum Gasteiger partial charge on any atom is -0.349 e. The van der Waals surface area contributed by atoms with Gasteiger partial charge in [0.25, 0.3) is 0 Å². The lowest BCUT2D eigenvalue weighted by Gasteiger charge is -2.11. The molecule has 0 bridgehead atoms. The van der Waals surface area contributed by atoms with E-state index in [1.807, 2.05) is 29.2 Å². The Hall–Kier alpha value is -2.69. The SMILES string of the molecule is Cc1cc(-c2cnn(C(C)C)c2)nc2cc(CC(=O)N(C)C)ccc12. The Balaban J connectivity index is 2.02. The van der Waals surface area contributed by atoms with Gasteiger partial charge in [-0.25, -0.2) is 4.98 Å². The van der Waals surface area contributed by atoms with Crippen LogP contribution in [0.5, 0.6) is 0 Å². The lowest BCUT2D eigenvalue weighted by molar-refractivity contribution is -0.127. The van der Waals surface area contributed by atoms with Crippen molar-refractivity contribution in [3.8, 4) is 11.3 Å². The lowest BCUT2D eigenvalue weighted by atomic mass is 10.0. The van der Waals surface area contributed by atoms with E-state index >= 15 is 0 Å². The highest BCUT2D eigenvalue weighted by Gasteiger charge is 2.11. The smallest absolute Gasteiger partial charge is 0.226 e. The molecule has 5 heteroatoms. The highest BCUT2D eigenvalue weighted by molar-refractivity contribution is 5.87. The summed E-state index contributed by atoms with van der Waals surface area (Å²) in [4.78, 5) is 18.4. The van der Waals surface area contributed by atoms with Gasteiger partial charge in [-0.1, -0.05) is 12.1 Å². The fourth-order valence-corrected chi connectivity index (χ4v) is 2.79. The molecule has 0 N–H and O–H groups in total. The molecule has 2 heterocycles. The van der Waals surface area contributed by atoms with Crippen molar-refractivity contribution in [2.75, 3.05) is 14.1 Å². The number of hydrogen-bond acceptors (Lipinski definition) is 3. The number of pyridine rings is 1. The monoisotopic (exact) mass is 336 g/mol. The van der Waals surface area contributed by atoms with Gasteiger partial charge in [-0.2, -0.15) is 5.10 Å². The number of fused-ring (bicyclic) bond motifs is 1. The van der Waals surface area contributed by atoms with Gasteiger partial charge in [0, 0.05) is 37.3 Å². The second-order valence-corrected chi connectivity index (χ2v) is 6.94. The molecule has 0 unspecified atom stereocenters. The molecule has 2 aromatic heterocycles. The molecule has 0 atom stereocenters. The van der Waals surface area contributed by atoms with Gasteiger partial charge >= 0.3 is 0 Å². The van der Waals surface area contributed by atoms with Gasteiger partial charge in [0.15, 0.2) is 0 Å². The van der Waals surface area contributed by atoms with Crippen molar-refractivity contribution < 1.29 is 4.79 Å². The van der Waals surface area contributed by atoms with Crippen molar-refractivity contribution in [2.24, 2.45) is 0 Å². The van der Waals surface area contributed by atoms with Gasteiger partial charge in [-0.15, -0.1) is 0 Å². The van der Waals surface area contributed by atoms with E-state index in [2.05, 4.69) is 38.0 Å². The number of benzene rings is 1. The molecule has 0 radical (unpaired) electrons. The molecule has 1 amide bonds. The van der Waals surface area contributed by atoms with Crippen LogP contribution in [0.4, 0.5) is 0 Å². The summed E-state index contributed by atoms with van der Waals surface area (Å²) in [5.74, 6) is 0.0884.